The summed E-state index contributed by atoms with van der Waals surface area (Å²) in [5.41, 5.74) is 0. The van der Waals surface area contributed by atoms with Gasteiger partial charge in [0.1, 0.15) is 24.6 Å². The molecule has 180 valence electrons. The van der Waals surface area contributed by atoms with Crippen molar-refractivity contribution in [3.63, 3.8) is 0 Å². The SMILES string of the molecule is CCCC1CCC(C(=O)OC2CCC(C3CC(F)C(F)C(F)C3)C(F)C2)CC1.O.O.[HH]. The van der Waals surface area contributed by atoms with Gasteiger partial charge in [0.05, 0.1) is 5.92 Å². The van der Waals surface area contributed by atoms with E-state index >= 15 is 0 Å². The lowest BCUT2D eigenvalue weighted by Gasteiger charge is -2.40. The molecule has 5 unspecified atom stereocenters. The molecule has 0 aliphatic heterocycles. The Kier molecular flexibility index (Phi) is 11.1. The van der Waals surface area contributed by atoms with Crippen LogP contribution in [-0.2, 0) is 9.53 Å². The molecule has 3 aliphatic carbocycles. The summed E-state index contributed by atoms with van der Waals surface area (Å²) in [6.45, 7) is 2.18. The zero-order chi connectivity index (χ0) is 20.3. The zero-order valence-corrected chi connectivity index (χ0v) is 17.8. The van der Waals surface area contributed by atoms with Crippen molar-refractivity contribution in [2.75, 3.05) is 0 Å². The van der Waals surface area contributed by atoms with Crippen LogP contribution in [0.1, 0.15) is 79.0 Å². The molecule has 3 fully saturated rings. The van der Waals surface area contributed by atoms with Crippen LogP contribution < -0.4 is 0 Å². The highest BCUT2D eigenvalue weighted by Crippen LogP contribution is 2.43. The summed E-state index contributed by atoms with van der Waals surface area (Å²) in [5, 5.41) is 0. The van der Waals surface area contributed by atoms with Gasteiger partial charge in [-0.1, -0.05) is 19.8 Å². The second-order valence-corrected chi connectivity index (χ2v) is 9.27. The molecule has 4 nitrogen and oxygen atoms in total. The number of carbonyl (C=O) groups is 1. The molecule has 5 atom stereocenters. The Morgan fingerprint density at radius 2 is 1.47 bits per heavy atom. The first-order chi connectivity index (χ1) is 13.4. The third-order valence-electron chi connectivity index (χ3n) is 7.29. The lowest BCUT2D eigenvalue weighted by Crippen LogP contribution is -2.44. The van der Waals surface area contributed by atoms with Crippen molar-refractivity contribution in [2.24, 2.45) is 23.7 Å². The maximum absolute atomic E-state index is 14.7. The van der Waals surface area contributed by atoms with Crippen molar-refractivity contribution in [3.05, 3.63) is 0 Å². The Morgan fingerprint density at radius 1 is 0.867 bits per heavy atom. The molecule has 0 radical (unpaired) electrons. The second kappa shape index (κ2) is 12.2. The van der Waals surface area contributed by atoms with Gasteiger partial charge < -0.3 is 15.7 Å². The van der Waals surface area contributed by atoms with E-state index in [0.717, 1.165) is 25.7 Å². The van der Waals surface area contributed by atoms with Crippen LogP contribution in [0.3, 0.4) is 0 Å². The molecule has 3 rings (SSSR count). The number of halogens is 4. The van der Waals surface area contributed by atoms with E-state index in [1.54, 1.807) is 0 Å². The largest absolute Gasteiger partial charge is 0.462 e. The van der Waals surface area contributed by atoms with Gasteiger partial charge in [-0.05, 0) is 69.1 Å². The lowest BCUT2D eigenvalue weighted by atomic mass is 9.70. The minimum Gasteiger partial charge on any atom is -0.462 e. The van der Waals surface area contributed by atoms with Gasteiger partial charge in [0.2, 0.25) is 0 Å². The summed E-state index contributed by atoms with van der Waals surface area (Å²) in [6.07, 6.45) is -0.497. The Bertz CT molecular complexity index is 510. The van der Waals surface area contributed by atoms with Gasteiger partial charge in [-0.25, -0.2) is 17.6 Å². The van der Waals surface area contributed by atoms with Gasteiger partial charge in [0.25, 0.3) is 0 Å². The topological polar surface area (TPSA) is 89.3 Å². The first kappa shape index (κ1) is 27.1. The van der Waals surface area contributed by atoms with Crippen LogP contribution in [0.4, 0.5) is 17.6 Å². The minimum absolute atomic E-state index is 0. The molecule has 3 saturated carbocycles. The van der Waals surface area contributed by atoms with Crippen molar-refractivity contribution >= 4 is 5.97 Å². The molecular formula is C22H40F4O4. The van der Waals surface area contributed by atoms with Crippen molar-refractivity contribution < 1.29 is 39.5 Å². The predicted octanol–water partition coefficient (Wildman–Crippen LogP) is 4.66. The van der Waals surface area contributed by atoms with Gasteiger partial charge in [-0.3, -0.25) is 4.79 Å². The van der Waals surface area contributed by atoms with Crippen molar-refractivity contribution in [2.45, 2.75) is 108 Å². The molecule has 0 aromatic heterocycles. The van der Waals surface area contributed by atoms with Gasteiger partial charge in [0, 0.05) is 7.85 Å². The average Bonchev–Trinajstić information content (AvgIpc) is 2.66. The van der Waals surface area contributed by atoms with Crippen molar-refractivity contribution in [1.29, 1.82) is 0 Å². The van der Waals surface area contributed by atoms with Gasteiger partial charge in [0.15, 0.2) is 6.17 Å². The molecule has 0 aromatic carbocycles. The normalized spacial score (nSPS) is 41.8. The number of esters is 1. The number of ether oxygens (including phenoxy) is 1. The number of rotatable bonds is 5. The molecular weight excluding hydrogens is 404 g/mol. The van der Waals surface area contributed by atoms with Crippen LogP contribution in [0.2, 0.25) is 0 Å². The highest BCUT2D eigenvalue weighted by Gasteiger charge is 2.45. The van der Waals surface area contributed by atoms with Crippen LogP contribution in [0.5, 0.6) is 0 Å². The maximum Gasteiger partial charge on any atom is 0.309 e. The third kappa shape index (κ3) is 6.55. The van der Waals surface area contributed by atoms with Crippen molar-refractivity contribution in [3.8, 4) is 0 Å². The van der Waals surface area contributed by atoms with E-state index in [-0.39, 0.29) is 43.5 Å². The molecule has 0 amide bonds. The van der Waals surface area contributed by atoms with Crippen LogP contribution in [0, 0.1) is 23.7 Å². The van der Waals surface area contributed by atoms with E-state index in [0.29, 0.717) is 18.8 Å². The highest BCUT2D eigenvalue weighted by molar-refractivity contribution is 5.72. The predicted molar refractivity (Wildman–Crippen MR) is 109 cm³/mol. The molecule has 0 heterocycles. The first-order valence-corrected chi connectivity index (χ1v) is 11.2. The zero-order valence-electron chi connectivity index (χ0n) is 17.8. The van der Waals surface area contributed by atoms with Gasteiger partial charge >= 0.3 is 5.97 Å². The van der Waals surface area contributed by atoms with Crippen LogP contribution >= 0.6 is 0 Å². The van der Waals surface area contributed by atoms with Gasteiger partial charge in [-0.2, -0.15) is 0 Å². The number of alkyl halides is 4. The highest BCUT2D eigenvalue weighted by atomic mass is 19.2. The summed E-state index contributed by atoms with van der Waals surface area (Å²) in [5.74, 6) is -0.529. The molecule has 3 aliphatic rings. The third-order valence-corrected chi connectivity index (χ3v) is 7.29. The van der Waals surface area contributed by atoms with E-state index in [1.807, 2.05) is 0 Å². The quantitative estimate of drug-likeness (QED) is 0.456. The molecule has 0 aromatic rings. The number of carbonyl (C=O) groups excluding carboxylic acids is 1. The maximum atomic E-state index is 14.7. The van der Waals surface area contributed by atoms with E-state index < -0.39 is 42.6 Å². The first-order valence-electron chi connectivity index (χ1n) is 11.2. The standard InChI is InChI=1S/C22H34F4O2.2H2O.H2/c1-2-3-13-4-6-14(7-5-13)22(27)28-16-8-9-17(18(23)12-16)15-10-19(24)21(26)20(25)11-15;;;/h13-21H,2-12H2,1H3;2*1H2;1H. The van der Waals surface area contributed by atoms with Crippen LogP contribution in [0.25, 0.3) is 0 Å². The molecule has 8 heteroatoms. The van der Waals surface area contributed by atoms with E-state index in [9.17, 15) is 22.4 Å². The summed E-state index contributed by atoms with van der Waals surface area (Å²) in [4.78, 5) is 12.5. The fourth-order valence-corrected chi connectivity index (χ4v) is 5.61. The fraction of sp³-hybridized carbons (Fsp3) is 0.955. The Hall–Kier alpha value is -0.890. The molecule has 0 bridgehead atoms. The van der Waals surface area contributed by atoms with Gasteiger partial charge in [-0.15, -0.1) is 0 Å². The number of hydrogen-bond acceptors (Lipinski definition) is 2. The Labute approximate surface area is 178 Å². The fourth-order valence-electron chi connectivity index (χ4n) is 5.61. The summed E-state index contributed by atoms with van der Waals surface area (Å²) in [7, 11) is 0. The minimum atomic E-state index is -2.08. The van der Waals surface area contributed by atoms with Crippen LogP contribution in [0.15, 0.2) is 0 Å². The molecule has 4 N–H and O–H groups in total. The lowest BCUT2D eigenvalue weighted by molar-refractivity contribution is -0.159. The van der Waals surface area contributed by atoms with E-state index in [2.05, 4.69) is 6.92 Å². The summed E-state index contributed by atoms with van der Waals surface area (Å²) >= 11 is 0. The number of hydrogen-bond donors (Lipinski definition) is 0. The van der Waals surface area contributed by atoms with E-state index in [4.69, 9.17) is 4.74 Å². The average molecular weight is 445 g/mol. The van der Waals surface area contributed by atoms with E-state index in [1.165, 1.54) is 12.8 Å². The molecule has 0 saturated heterocycles. The smallest absolute Gasteiger partial charge is 0.309 e. The Morgan fingerprint density at radius 3 is 2.00 bits per heavy atom. The second-order valence-electron chi connectivity index (χ2n) is 9.27. The Balaban J connectivity index is 0.00000300. The van der Waals surface area contributed by atoms with Crippen molar-refractivity contribution in [1.82, 2.24) is 0 Å². The summed E-state index contributed by atoms with van der Waals surface area (Å²) < 4.78 is 61.1. The molecule has 0 spiro atoms. The van der Waals surface area contributed by atoms with Crippen LogP contribution in [-0.4, -0.2) is 47.7 Å². The summed E-state index contributed by atoms with van der Waals surface area (Å²) in [6, 6.07) is 0. The molecule has 30 heavy (non-hydrogen) atoms. The monoisotopic (exact) mass is 444 g/mol.